The van der Waals surface area contributed by atoms with Gasteiger partial charge in [0.15, 0.2) is 17.0 Å². The Balaban J connectivity index is 1.62. The quantitative estimate of drug-likeness (QED) is 0.768. The van der Waals surface area contributed by atoms with Crippen molar-refractivity contribution in [2.45, 2.75) is 25.5 Å². The number of fused-ring (bicyclic) bond motifs is 1. The zero-order chi connectivity index (χ0) is 17.2. The summed E-state index contributed by atoms with van der Waals surface area (Å²) >= 11 is 0. The third-order valence-electron chi connectivity index (χ3n) is 4.64. The second-order valence-electron chi connectivity index (χ2n) is 6.25. The van der Waals surface area contributed by atoms with Crippen molar-refractivity contribution in [1.29, 1.82) is 0 Å². The largest absolute Gasteiger partial charge is 0.497 e. The number of anilines is 1. The van der Waals surface area contributed by atoms with E-state index in [-0.39, 0.29) is 0 Å². The fraction of sp³-hybridized carbons (Fsp3) is 0.389. The molecule has 4 rings (SSSR count). The number of aromatic nitrogens is 4. The minimum atomic E-state index is -0.669. The van der Waals surface area contributed by atoms with Crippen LogP contribution in [0.25, 0.3) is 11.2 Å². The Bertz CT molecular complexity index is 873. The van der Waals surface area contributed by atoms with E-state index in [4.69, 9.17) is 4.74 Å². The number of ether oxygens (including phenoxy) is 1. The molecule has 0 radical (unpaired) electrons. The first-order valence-corrected chi connectivity index (χ1v) is 8.49. The zero-order valence-electron chi connectivity index (χ0n) is 14.2. The molecule has 3 heterocycles. The number of nitrogens with zero attached hydrogens (tertiary/aromatic N) is 5. The van der Waals surface area contributed by atoms with Crippen molar-refractivity contribution < 1.29 is 9.84 Å². The smallest absolute Gasteiger partial charge is 0.165 e. The van der Waals surface area contributed by atoms with Gasteiger partial charge < -0.3 is 19.3 Å². The number of methoxy groups -OCH3 is 1. The van der Waals surface area contributed by atoms with Crippen LogP contribution in [0, 0.1) is 0 Å². The molecule has 25 heavy (non-hydrogen) atoms. The Hall–Kier alpha value is -2.67. The van der Waals surface area contributed by atoms with Crippen molar-refractivity contribution in [1.82, 2.24) is 19.5 Å². The highest BCUT2D eigenvalue weighted by molar-refractivity contribution is 5.83. The summed E-state index contributed by atoms with van der Waals surface area (Å²) < 4.78 is 7.10. The van der Waals surface area contributed by atoms with Gasteiger partial charge in [0.1, 0.15) is 12.1 Å². The molecule has 0 aliphatic carbocycles. The van der Waals surface area contributed by atoms with E-state index >= 15 is 0 Å². The summed E-state index contributed by atoms with van der Waals surface area (Å²) in [4.78, 5) is 15.6. The lowest BCUT2D eigenvalue weighted by Gasteiger charge is -2.16. The van der Waals surface area contributed by atoms with Crippen molar-refractivity contribution in [2.24, 2.45) is 0 Å². The number of imidazole rings is 1. The molecule has 1 aliphatic heterocycles. The molecule has 0 spiro atoms. The van der Waals surface area contributed by atoms with Crippen molar-refractivity contribution in [3.05, 3.63) is 42.5 Å². The lowest BCUT2D eigenvalue weighted by Crippen LogP contribution is -2.19. The molecule has 1 unspecified atom stereocenters. The highest BCUT2D eigenvalue weighted by Crippen LogP contribution is 2.26. The van der Waals surface area contributed by atoms with Gasteiger partial charge in [0, 0.05) is 13.1 Å². The van der Waals surface area contributed by atoms with E-state index in [0.29, 0.717) is 6.54 Å². The highest BCUT2D eigenvalue weighted by Gasteiger charge is 2.20. The van der Waals surface area contributed by atoms with Crippen LogP contribution in [-0.4, -0.2) is 44.8 Å². The lowest BCUT2D eigenvalue weighted by molar-refractivity contribution is 0.157. The summed E-state index contributed by atoms with van der Waals surface area (Å²) in [6, 6.07) is 7.46. The van der Waals surface area contributed by atoms with Gasteiger partial charge in [0.25, 0.3) is 0 Å². The number of hydrogen-bond donors (Lipinski definition) is 1. The van der Waals surface area contributed by atoms with E-state index in [2.05, 4.69) is 19.9 Å². The van der Waals surface area contributed by atoms with Crippen LogP contribution < -0.4 is 9.64 Å². The average molecular weight is 339 g/mol. The van der Waals surface area contributed by atoms with Gasteiger partial charge in [0.05, 0.1) is 26.1 Å². The summed E-state index contributed by atoms with van der Waals surface area (Å²) in [5.41, 5.74) is 2.34. The van der Waals surface area contributed by atoms with E-state index < -0.39 is 6.10 Å². The molecular weight excluding hydrogens is 318 g/mol. The summed E-state index contributed by atoms with van der Waals surface area (Å²) in [5.74, 6) is 1.61. The van der Waals surface area contributed by atoms with Crippen LogP contribution in [0.15, 0.2) is 36.9 Å². The molecule has 0 amide bonds. The third-order valence-corrected chi connectivity index (χ3v) is 4.64. The van der Waals surface area contributed by atoms with E-state index in [1.165, 1.54) is 12.8 Å². The van der Waals surface area contributed by atoms with Gasteiger partial charge in [-0.3, -0.25) is 0 Å². The summed E-state index contributed by atoms with van der Waals surface area (Å²) in [5, 5.41) is 10.6. The highest BCUT2D eigenvalue weighted by atomic mass is 16.5. The molecule has 1 atom stereocenters. The maximum absolute atomic E-state index is 10.6. The number of aliphatic hydroxyl groups is 1. The molecule has 7 heteroatoms. The number of benzene rings is 1. The van der Waals surface area contributed by atoms with Gasteiger partial charge in [-0.2, -0.15) is 0 Å². The minimum absolute atomic E-state index is 0.375. The Labute approximate surface area is 145 Å². The predicted octanol–water partition coefficient (Wildman–Crippen LogP) is 2.17. The zero-order valence-corrected chi connectivity index (χ0v) is 14.2. The normalized spacial score (nSPS) is 15.7. The minimum Gasteiger partial charge on any atom is -0.497 e. The maximum atomic E-state index is 10.6. The molecule has 1 aliphatic rings. The van der Waals surface area contributed by atoms with E-state index in [9.17, 15) is 5.11 Å². The van der Waals surface area contributed by atoms with Gasteiger partial charge >= 0.3 is 0 Å². The van der Waals surface area contributed by atoms with Crippen molar-refractivity contribution in [3.8, 4) is 5.75 Å². The van der Waals surface area contributed by atoms with Crippen LogP contribution in [0.5, 0.6) is 5.75 Å². The van der Waals surface area contributed by atoms with E-state index in [0.717, 1.165) is 41.4 Å². The van der Waals surface area contributed by atoms with E-state index in [1.54, 1.807) is 19.8 Å². The molecule has 3 aromatic rings. The van der Waals surface area contributed by atoms with E-state index in [1.807, 2.05) is 28.8 Å². The fourth-order valence-electron chi connectivity index (χ4n) is 3.30. The number of rotatable bonds is 5. The van der Waals surface area contributed by atoms with Crippen LogP contribution in [0.2, 0.25) is 0 Å². The number of hydrogen-bond acceptors (Lipinski definition) is 6. The first-order chi connectivity index (χ1) is 12.3. The molecule has 0 bridgehead atoms. The van der Waals surface area contributed by atoms with Crippen LogP contribution in [0.4, 0.5) is 5.82 Å². The van der Waals surface area contributed by atoms with Gasteiger partial charge in [-0.05, 0) is 30.5 Å². The Morgan fingerprint density at radius 2 is 2.04 bits per heavy atom. The van der Waals surface area contributed by atoms with Crippen molar-refractivity contribution >= 4 is 17.0 Å². The molecule has 1 fully saturated rings. The SMILES string of the molecule is COc1cccc(C(O)Cn2cnc3c(N4CCCC4)ncnc32)c1. The van der Waals surface area contributed by atoms with Crippen LogP contribution in [0.3, 0.4) is 0 Å². The second-order valence-corrected chi connectivity index (χ2v) is 6.25. The van der Waals surface area contributed by atoms with Gasteiger partial charge in [-0.15, -0.1) is 0 Å². The molecule has 1 aromatic carbocycles. The standard InChI is InChI=1S/C18H21N5O2/c1-25-14-6-4-5-13(9-14)15(24)10-23-12-21-16-17(19-11-20-18(16)23)22-7-2-3-8-22/h4-6,9,11-12,15,24H,2-3,7-8,10H2,1H3. The summed E-state index contributed by atoms with van der Waals surface area (Å²) in [6.45, 7) is 2.39. The monoisotopic (exact) mass is 339 g/mol. The third kappa shape index (κ3) is 3.02. The average Bonchev–Trinajstić information content (AvgIpc) is 3.32. The second kappa shape index (κ2) is 6.68. The molecule has 1 N–H and O–H groups in total. The molecular formula is C18H21N5O2. The number of aliphatic hydroxyl groups excluding tert-OH is 1. The Morgan fingerprint density at radius 3 is 2.84 bits per heavy atom. The van der Waals surface area contributed by atoms with Crippen LogP contribution >= 0.6 is 0 Å². The van der Waals surface area contributed by atoms with Crippen molar-refractivity contribution in [3.63, 3.8) is 0 Å². The Morgan fingerprint density at radius 1 is 1.20 bits per heavy atom. The summed E-state index contributed by atoms with van der Waals surface area (Å²) in [6.07, 6.45) is 4.99. The molecule has 1 saturated heterocycles. The molecule has 130 valence electrons. The van der Waals surface area contributed by atoms with Gasteiger partial charge in [-0.25, -0.2) is 15.0 Å². The maximum Gasteiger partial charge on any atom is 0.165 e. The fourth-order valence-corrected chi connectivity index (χ4v) is 3.30. The first kappa shape index (κ1) is 15.8. The van der Waals surface area contributed by atoms with Gasteiger partial charge in [0.2, 0.25) is 0 Å². The van der Waals surface area contributed by atoms with Crippen LogP contribution in [-0.2, 0) is 6.54 Å². The van der Waals surface area contributed by atoms with Gasteiger partial charge in [-0.1, -0.05) is 12.1 Å². The lowest BCUT2D eigenvalue weighted by atomic mass is 10.1. The topological polar surface area (TPSA) is 76.3 Å². The predicted molar refractivity (Wildman–Crippen MR) is 94.7 cm³/mol. The van der Waals surface area contributed by atoms with Crippen molar-refractivity contribution in [2.75, 3.05) is 25.1 Å². The summed E-state index contributed by atoms with van der Waals surface area (Å²) in [7, 11) is 1.62. The van der Waals surface area contributed by atoms with Crippen LogP contribution in [0.1, 0.15) is 24.5 Å². The molecule has 7 nitrogen and oxygen atoms in total. The first-order valence-electron chi connectivity index (χ1n) is 8.49. The molecule has 0 saturated carbocycles. The molecule has 2 aromatic heterocycles. The Kier molecular flexibility index (Phi) is 4.23.